The Morgan fingerprint density at radius 1 is 1.31 bits per heavy atom. The molecule has 6 heteroatoms. The van der Waals surface area contributed by atoms with Crippen molar-refractivity contribution in [2.45, 2.75) is 0 Å². The summed E-state index contributed by atoms with van der Waals surface area (Å²) in [6, 6.07) is 1.31. The Morgan fingerprint density at radius 3 is 2.56 bits per heavy atom. The number of aromatic nitrogens is 2. The van der Waals surface area contributed by atoms with Crippen LogP contribution >= 0.6 is 0 Å². The minimum atomic E-state index is -1.13. The number of hydrogen-bond donors (Lipinski definition) is 2. The third-order valence-electron chi connectivity index (χ3n) is 2.29. The average molecular weight is 220 g/mol. The fourth-order valence-electron chi connectivity index (χ4n) is 1.55. The number of carbonyl (C=O) groups is 2. The lowest BCUT2D eigenvalue weighted by molar-refractivity contribution is 0.0685. The Morgan fingerprint density at radius 2 is 2.00 bits per heavy atom. The highest BCUT2D eigenvalue weighted by molar-refractivity contribution is 6.04. The van der Waals surface area contributed by atoms with Gasteiger partial charge in [-0.05, 0) is 6.07 Å². The van der Waals surface area contributed by atoms with Gasteiger partial charge < -0.3 is 14.8 Å². The maximum Gasteiger partial charge on any atom is 0.337 e. The van der Waals surface area contributed by atoms with Gasteiger partial charge in [-0.1, -0.05) is 0 Å². The van der Waals surface area contributed by atoms with Gasteiger partial charge >= 0.3 is 11.9 Å². The van der Waals surface area contributed by atoms with Crippen molar-refractivity contribution in [2.24, 2.45) is 7.05 Å². The molecular weight excluding hydrogens is 212 g/mol. The first-order chi connectivity index (χ1) is 7.50. The molecule has 2 aromatic heterocycles. The number of aryl methyl sites for hydroxylation is 1. The van der Waals surface area contributed by atoms with E-state index < -0.39 is 11.9 Å². The third-order valence-corrected chi connectivity index (χ3v) is 2.29. The van der Waals surface area contributed by atoms with Crippen molar-refractivity contribution in [3.05, 3.63) is 29.6 Å². The number of carboxylic acid groups (broad SMARTS) is 2. The van der Waals surface area contributed by atoms with E-state index in [1.54, 1.807) is 11.6 Å². The Kier molecular flexibility index (Phi) is 2.12. The normalized spacial score (nSPS) is 10.6. The third kappa shape index (κ3) is 1.40. The molecule has 0 amide bonds. The smallest absolute Gasteiger partial charge is 0.337 e. The van der Waals surface area contributed by atoms with Gasteiger partial charge in [0.05, 0.1) is 11.1 Å². The quantitative estimate of drug-likeness (QED) is 0.786. The van der Waals surface area contributed by atoms with Crippen molar-refractivity contribution in [3.8, 4) is 0 Å². The maximum absolute atomic E-state index is 10.9. The zero-order chi connectivity index (χ0) is 11.9. The summed E-state index contributed by atoms with van der Waals surface area (Å²) in [7, 11) is 1.65. The van der Waals surface area contributed by atoms with E-state index in [1.807, 2.05) is 0 Å². The lowest BCUT2D eigenvalue weighted by atomic mass is 10.2. The van der Waals surface area contributed by atoms with Gasteiger partial charge in [-0.15, -0.1) is 0 Å². The standard InChI is InChI=1S/C10H8N2O4/c1-12-4-7(10(15)16)6-2-5(9(13)14)3-11-8(6)12/h2-4H,1H3,(H,13,14)(H,15,16). The monoisotopic (exact) mass is 220 g/mol. The summed E-state index contributed by atoms with van der Waals surface area (Å²) < 4.78 is 1.55. The molecule has 2 aromatic rings. The van der Waals surface area contributed by atoms with E-state index in [-0.39, 0.29) is 11.1 Å². The minimum Gasteiger partial charge on any atom is -0.478 e. The lowest BCUT2D eigenvalue weighted by Crippen LogP contribution is -1.99. The Bertz CT molecular complexity index is 600. The molecule has 2 N–H and O–H groups in total. The van der Waals surface area contributed by atoms with Crippen LogP contribution in [0.4, 0.5) is 0 Å². The fraction of sp³-hybridized carbons (Fsp3) is 0.100. The summed E-state index contributed by atoms with van der Waals surface area (Å²) in [6.07, 6.45) is 2.61. The van der Waals surface area contributed by atoms with Gasteiger partial charge in [0.25, 0.3) is 0 Å². The summed E-state index contributed by atoms with van der Waals surface area (Å²) in [5, 5.41) is 18.1. The maximum atomic E-state index is 10.9. The molecule has 0 spiro atoms. The van der Waals surface area contributed by atoms with E-state index in [4.69, 9.17) is 10.2 Å². The van der Waals surface area contributed by atoms with E-state index >= 15 is 0 Å². The predicted octanol–water partition coefficient (Wildman–Crippen LogP) is 0.970. The van der Waals surface area contributed by atoms with Crippen molar-refractivity contribution in [3.63, 3.8) is 0 Å². The number of nitrogens with zero attached hydrogens (tertiary/aromatic N) is 2. The number of rotatable bonds is 2. The molecule has 0 aliphatic carbocycles. The van der Waals surface area contributed by atoms with Crippen molar-refractivity contribution >= 4 is 23.0 Å². The van der Waals surface area contributed by atoms with E-state index in [2.05, 4.69) is 4.98 Å². The van der Waals surface area contributed by atoms with Crippen molar-refractivity contribution in [2.75, 3.05) is 0 Å². The van der Waals surface area contributed by atoms with Crippen LogP contribution in [-0.2, 0) is 7.05 Å². The van der Waals surface area contributed by atoms with Gasteiger partial charge in [0.1, 0.15) is 5.65 Å². The second-order valence-corrected chi connectivity index (χ2v) is 3.36. The zero-order valence-electron chi connectivity index (χ0n) is 8.34. The first-order valence-corrected chi connectivity index (χ1v) is 4.42. The van der Waals surface area contributed by atoms with Crippen LogP contribution in [0.2, 0.25) is 0 Å². The molecule has 0 unspecified atom stereocenters. The highest BCUT2D eigenvalue weighted by Crippen LogP contribution is 2.19. The molecule has 0 saturated carbocycles. The molecule has 0 fully saturated rings. The zero-order valence-corrected chi connectivity index (χ0v) is 8.34. The van der Waals surface area contributed by atoms with Gasteiger partial charge in [-0.25, -0.2) is 14.6 Å². The van der Waals surface area contributed by atoms with E-state index in [0.717, 1.165) is 0 Å². The summed E-state index contributed by atoms with van der Waals surface area (Å²) in [4.78, 5) is 25.6. The number of fused-ring (bicyclic) bond motifs is 1. The summed E-state index contributed by atoms with van der Waals surface area (Å²) in [5.41, 5.74) is 0.469. The Labute approximate surface area is 89.8 Å². The molecule has 16 heavy (non-hydrogen) atoms. The summed E-state index contributed by atoms with van der Waals surface area (Å²) in [6.45, 7) is 0. The lowest BCUT2D eigenvalue weighted by Gasteiger charge is -1.96. The van der Waals surface area contributed by atoms with Crippen LogP contribution < -0.4 is 0 Å². The van der Waals surface area contributed by atoms with E-state index in [1.165, 1.54) is 18.5 Å². The molecule has 2 heterocycles. The van der Waals surface area contributed by atoms with Crippen LogP contribution in [0.15, 0.2) is 18.5 Å². The molecule has 6 nitrogen and oxygen atoms in total. The number of aromatic carboxylic acids is 2. The van der Waals surface area contributed by atoms with Crippen LogP contribution in [0.1, 0.15) is 20.7 Å². The van der Waals surface area contributed by atoms with Crippen LogP contribution in [-0.4, -0.2) is 31.7 Å². The summed E-state index contributed by atoms with van der Waals surface area (Å²) in [5.74, 6) is -2.23. The second kappa shape index (κ2) is 3.34. The fourth-order valence-corrected chi connectivity index (χ4v) is 1.55. The molecule has 82 valence electrons. The Balaban J connectivity index is 2.79. The van der Waals surface area contributed by atoms with Crippen molar-refractivity contribution in [1.29, 1.82) is 0 Å². The van der Waals surface area contributed by atoms with Gasteiger partial charge in [-0.2, -0.15) is 0 Å². The molecule has 0 atom stereocenters. The van der Waals surface area contributed by atoms with Crippen LogP contribution in [0, 0.1) is 0 Å². The molecule has 0 aliphatic rings. The van der Waals surface area contributed by atoms with Gasteiger partial charge in [0.2, 0.25) is 0 Å². The molecular formula is C10H8N2O4. The van der Waals surface area contributed by atoms with Crippen LogP contribution in [0.5, 0.6) is 0 Å². The predicted molar refractivity (Wildman–Crippen MR) is 54.6 cm³/mol. The highest BCUT2D eigenvalue weighted by Gasteiger charge is 2.15. The SMILES string of the molecule is Cn1cc(C(=O)O)c2cc(C(=O)O)cnc21. The number of pyridine rings is 1. The topological polar surface area (TPSA) is 92.4 Å². The molecule has 0 aliphatic heterocycles. The van der Waals surface area contributed by atoms with Crippen LogP contribution in [0.25, 0.3) is 11.0 Å². The molecule has 0 aromatic carbocycles. The van der Waals surface area contributed by atoms with E-state index in [0.29, 0.717) is 11.0 Å². The number of hydrogen-bond acceptors (Lipinski definition) is 3. The van der Waals surface area contributed by atoms with Crippen molar-refractivity contribution < 1.29 is 19.8 Å². The average Bonchev–Trinajstić information content (AvgIpc) is 2.56. The number of carboxylic acids is 2. The van der Waals surface area contributed by atoms with Gasteiger partial charge in [0, 0.05) is 24.8 Å². The molecule has 0 radical (unpaired) electrons. The van der Waals surface area contributed by atoms with Gasteiger partial charge in [0.15, 0.2) is 0 Å². The van der Waals surface area contributed by atoms with Crippen LogP contribution in [0.3, 0.4) is 0 Å². The largest absolute Gasteiger partial charge is 0.478 e. The molecule has 2 rings (SSSR count). The first-order valence-electron chi connectivity index (χ1n) is 4.42. The second-order valence-electron chi connectivity index (χ2n) is 3.36. The van der Waals surface area contributed by atoms with Gasteiger partial charge in [-0.3, -0.25) is 0 Å². The first kappa shape index (κ1) is 10.2. The Hall–Kier alpha value is -2.37. The minimum absolute atomic E-state index is 0.0267. The molecule has 0 saturated heterocycles. The highest BCUT2D eigenvalue weighted by atomic mass is 16.4. The molecule has 0 bridgehead atoms. The summed E-state index contributed by atoms with van der Waals surface area (Å²) >= 11 is 0. The van der Waals surface area contributed by atoms with Crippen molar-refractivity contribution in [1.82, 2.24) is 9.55 Å². The van der Waals surface area contributed by atoms with E-state index in [9.17, 15) is 9.59 Å².